The molecule has 1 aliphatic heterocycles. The molecule has 80 valence electrons. The lowest BCUT2D eigenvalue weighted by Crippen LogP contribution is -2.48. The van der Waals surface area contributed by atoms with E-state index in [2.05, 4.69) is 5.32 Å². The predicted octanol–water partition coefficient (Wildman–Crippen LogP) is 0.785. The third kappa shape index (κ3) is 2.13. The molecule has 1 amide bonds. The zero-order chi connectivity index (χ0) is 10.8. The molecule has 1 N–H and O–H groups in total. The Labute approximate surface area is 89.0 Å². The van der Waals surface area contributed by atoms with Gasteiger partial charge in [0.25, 0.3) is 5.91 Å². The zero-order valence-electron chi connectivity index (χ0n) is 7.63. The van der Waals surface area contributed by atoms with Gasteiger partial charge in [-0.3, -0.25) is 14.9 Å². The van der Waals surface area contributed by atoms with E-state index in [4.69, 9.17) is 4.74 Å². The summed E-state index contributed by atoms with van der Waals surface area (Å²) in [7, 11) is 0. The van der Waals surface area contributed by atoms with Gasteiger partial charge in [-0.1, -0.05) is 11.3 Å². The maximum atomic E-state index is 11.5. The highest BCUT2D eigenvalue weighted by Gasteiger charge is 2.22. The molecular formula is C8H8N2O4S. The molecule has 1 saturated heterocycles. The average molecular weight is 228 g/mol. The summed E-state index contributed by atoms with van der Waals surface area (Å²) < 4.78 is 4.90. The molecule has 0 radical (unpaired) electrons. The van der Waals surface area contributed by atoms with Crippen LogP contribution in [0, 0.1) is 10.1 Å². The SMILES string of the molecule is O=C(NC1COC1)c1ccc([N+](=O)[O-])s1. The summed E-state index contributed by atoms with van der Waals surface area (Å²) in [6.07, 6.45) is 0. The number of rotatable bonds is 3. The second-order valence-corrected chi connectivity index (χ2v) is 4.17. The fraction of sp³-hybridized carbons (Fsp3) is 0.375. The molecule has 15 heavy (non-hydrogen) atoms. The normalized spacial score (nSPS) is 15.7. The van der Waals surface area contributed by atoms with Gasteiger partial charge in [-0.15, -0.1) is 0 Å². The fourth-order valence-electron chi connectivity index (χ4n) is 1.12. The van der Waals surface area contributed by atoms with Gasteiger partial charge in [0.05, 0.1) is 29.1 Å². The first kappa shape index (κ1) is 10.1. The third-order valence-electron chi connectivity index (χ3n) is 1.97. The number of ether oxygens (including phenoxy) is 1. The summed E-state index contributed by atoms with van der Waals surface area (Å²) in [6, 6.07) is 2.83. The van der Waals surface area contributed by atoms with Crippen LogP contribution < -0.4 is 5.32 Å². The second-order valence-electron chi connectivity index (χ2n) is 3.10. The highest BCUT2D eigenvalue weighted by atomic mass is 32.1. The number of hydrogen-bond donors (Lipinski definition) is 1. The number of nitro groups is 1. The van der Waals surface area contributed by atoms with E-state index in [-0.39, 0.29) is 17.0 Å². The largest absolute Gasteiger partial charge is 0.377 e. The fourth-order valence-corrected chi connectivity index (χ4v) is 1.85. The van der Waals surface area contributed by atoms with Gasteiger partial charge < -0.3 is 10.1 Å². The minimum absolute atomic E-state index is 0.0231. The van der Waals surface area contributed by atoms with Crippen LogP contribution in [0.2, 0.25) is 0 Å². The number of amides is 1. The van der Waals surface area contributed by atoms with Crippen molar-refractivity contribution in [1.29, 1.82) is 0 Å². The predicted molar refractivity (Wildman–Crippen MR) is 53.0 cm³/mol. The van der Waals surface area contributed by atoms with Crippen LogP contribution in [0.5, 0.6) is 0 Å². The first-order chi connectivity index (χ1) is 7.16. The van der Waals surface area contributed by atoms with E-state index in [0.29, 0.717) is 18.1 Å². The highest BCUT2D eigenvalue weighted by molar-refractivity contribution is 7.17. The summed E-state index contributed by atoms with van der Waals surface area (Å²) in [6.45, 7) is 1.03. The van der Waals surface area contributed by atoms with E-state index in [0.717, 1.165) is 11.3 Å². The van der Waals surface area contributed by atoms with Crippen LogP contribution >= 0.6 is 11.3 Å². The lowest BCUT2D eigenvalue weighted by Gasteiger charge is -2.26. The monoisotopic (exact) mass is 228 g/mol. The van der Waals surface area contributed by atoms with Crippen molar-refractivity contribution < 1.29 is 14.5 Å². The van der Waals surface area contributed by atoms with Crippen LogP contribution in [0.3, 0.4) is 0 Å². The van der Waals surface area contributed by atoms with Crippen molar-refractivity contribution in [3.05, 3.63) is 27.1 Å². The number of carbonyl (C=O) groups excluding carboxylic acids is 1. The Hall–Kier alpha value is -1.47. The van der Waals surface area contributed by atoms with E-state index in [1.54, 1.807) is 0 Å². The molecule has 0 atom stereocenters. The Balaban J connectivity index is 2.01. The molecule has 0 spiro atoms. The van der Waals surface area contributed by atoms with Crippen LogP contribution in [-0.2, 0) is 4.74 Å². The second kappa shape index (κ2) is 3.95. The molecule has 0 aromatic carbocycles. The van der Waals surface area contributed by atoms with Gasteiger partial charge in [0, 0.05) is 6.07 Å². The lowest BCUT2D eigenvalue weighted by molar-refractivity contribution is -0.380. The molecule has 1 aromatic rings. The molecular weight excluding hydrogens is 220 g/mol. The Morgan fingerprint density at radius 1 is 1.60 bits per heavy atom. The van der Waals surface area contributed by atoms with Gasteiger partial charge in [0.1, 0.15) is 0 Å². The third-order valence-corrected chi connectivity index (χ3v) is 3.00. The molecule has 7 heteroatoms. The van der Waals surface area contributed by atoms with Crippen molar-refractivity contribution in [3.63, 3.8) is 0 Å². The van der Waals surface area contributed by atoms with Crippen LogP contribution in [0.25, 0.3) is 0 Å². The van der Waals surface area contributed by atoms with Crippen molar-refractivity contribution in [1.82, 2.24) is 5.32 Å². The Kier molecular flexibility index (Phi) is 2.65. The standard InChI is InChI=1S/C8H8N2O4S/c11-8(9-5-3-14-4-5)6-1-2-7(15-6)10(12)13/h1-2,5H,3-4H2,(H,9,11). The van der Waals surface area contributed by atoms with Gasteiger partial charge in [0.2, 0.25) is 0 Å². The van der Waals surface area contributed by atoms with E-state index in [1.165, 1.54) is 12.1 Å². The van der Waals surface area contributed by atoms with Gasteiger partial charge >= 0.3 is 5.00 Å². The maximum absolute atomic E-state index is 11.5. The molecule has 1 aliphatic rings. The smallest absolute Gasteiger partial charge is 0.324 e. The minimum atomic E-state index is -0.506. The number of thiophene rings is 1. The number of nitrogens with one attached hydrogen (secondary N) is 1. The lowest BCUT2D eigenvalue weighted by atomic mass is 10.2. The van der Waals surface area contributed by atoms with Gasteiger partial charge in [-0.2, -0.15) is 0 Å². The van der Waals surface area contributed by atoms with Crippen molar-refractivity contribution in [2.75, 3.05) is 13.2 Å². The van der Waals surface area contributed by atoms with Crippen LogP contribution in [0.1, 0.15) is 9.67 Å². The van der Waals surface area contributed by atoms with E-state index >= 15 is 0 Å². The molecule has 1 fully saturated rings. The summed E-state index contributed by atoms with van der Waals surface area (Å²) in [5, 5.41) is 13.1. The van der Waals surface area contributed by atoms with Gasteiger partial charge in [-0.05, 0) is 6.07 Å². The molecule has 2 rings (SSSR count). The summed E-state index contributed by atoms with van der Waals surface area (Å²) in [5.41, 5.74) is 0. The first-order valence-electron chi connectivity index (χ1n) is 4.29. The molecule has 1 aromatic heterocycles. The van der Waals surface area contributed by atoms with Crippen molar-refractivity contribution in [3.8, 4) is 0 Å². The van der Waals surface area contributed by atoms with E-state index in [9.17, 15) is 14.9 Å². The summed E-state index contributed by atoms with van der Waals surface area (Å²) >= 11 is 0.874. The van der Waals surface area contributed by atoms with Crippen LogP contribution in [0.15, 0.2) is 12.1 Å². The minimum Gasteiger partial charge on any atom is -0.377 e. The summed E-state index contributed by atoms with van der Waals surface area (Å²) in [5.74, 6) is -0.276. The van der Waals surface area contributed by atoms with Crippen LogP contribution in [-0.4, -0.2) is 30.1 Å². The molecule has 2 heterocycles. The average Bonchev–Trinajstić information content (AvgIpc) is 2.59. The first-order valence-corrected chi connectivity index (χ1v) is 5.11. The maximum Gasteiger partial charge on any atom is 0.324 e. The van der Waals surface area contributed by atoms with Crippen LogP contribution in [0.4, 0.5) is 5.00 Å². The summed E-state index contributed by atoms with van der Waals surface area (Å²) in [4.78, 5) is 21.7. The molecule has 0 unspecified atom stereocenters. The topological polar surface area (TPSA) is 81.5 Å². The van der Waals surface area contributed by atoms with E-state index < -0.39 is 4.92 Å². The van der Waals surface area contributed by atoms with E-state index in [1.807, 2.05) is 0 Å². The molecule has 0 aliphatic carbocycles. The van der Waals surface area contributed by atoms with Crippen molar-refractivity contribution >= 4 is 22.2 Å². The van der Waals surface area contributed by atoms with Crippen molar-refractivity contribution in [2.45, 2.75) is 6.04 Å². The zero-order valence-corrected chi connectivity index (χ0v) is 8.45. The quantitative estimate of drug-likeness (QED) is 0.612. The number of carbonyl (C=O) groups is 1. The molecule has 6 nitrogen and oxygen atoms in total. The van der Waals surface area contributed by atoms with Crippen molar-refractivity contribution in [2.24, 2.45) is 0 Å². The Morgan fingerprint density at radius 3 is 2.80 bits per heavy atom. The Bertz CT molecular complexity index is 399. The molecule has 0 bridgehead atoms. The Morgan fingerprint density at radius 2 is 2.33 bits per heavy atom. The number of nitrogens with zero attached hydrogens (tertiary/aromatic N) is 1. The number of hydrogen-bond acceptors (Lipinski definition) is 5. The van der Waals surface area contributed by atoms with Gasteiger partial charge in [-0.25, -0.2) is 0 Å². The highest BCUT2D eigenvalue weighted by Crippen LogP contribution is 2.23. The molecule has 0 saturated carbocycles. The van der Waals surface area contributed by atoms with Gasteiger partial charge in [0.15, 0.2) is 0 Å².